The third-order valence-corrected chi connectivity index (χ3v) is 2.76. The van der Waals surface area contributed by atoms with Crippen LogP contribution in [0.5, 0.6) is 0 Å². The summed E-state index contributed by atoms with van der Waals surface area (Å²) in [6, 6.07) is 5.25. The molecule has 0 saturated heterocycles. The maximum Gasteiger partial charge on any atom is 0.339 e. The molecule has 0 radical (unpaired) electrons. The largest absolute Gasteiger partial charge is 0.465 e. The standard InChI is InChI=1S/C12H12BrClO2/c1-16-12(15)10-6-5-9(8-11(10)14)4-2-3-7-13/h2,4-6,8H,3,7H2,1H3. The van der Waals surface area contributed by atoms with E-state index in [1.165, 1.54) is 7.11 Å². The molecule has 1 aromatic carbocycles. The van der Waals surface area contributed by atoms with Crippen LogP contribution in [0.25, 0.3) is 6.08 Å². The molecule has 0 amide bonds. The van der Waals surface area contributed by atoms with Crippen LogP contribution < -0.4 is 0 Å². The van der Waals surface area contributed by atoms with E-state index in [0.717, 1.165) is 17.3 Å². The predicted octanol–water partition coefficient (Wildman–Crippen LogP) is 3.92. The average molecular weight is 304 g/mol. The van der Waals surface area contributed by atoms with Gasteiger partial charge in [0.1, 0.15) is 0 Å². The van der Waals surface area contributed by atoms with Crippen LogP contribution in [0.2, 0.25) is 5.02 Å². The first kappa shape index (κ1) is 13.3. The number of alkyl halides is 1. The van der Waals surface area contributed by atoms with Crippen molar-refractivity contribution in [3.8, 4) is 0 Å². The van der Waals surface area contributed by atoms with Crippen LogP contribution in [-0.2, 0) is 4.74 Å². The Kier molecular flexibility index (Phi) is 5.56. The molecular weight excluding hydrogens is 291 g/mol. The zero-order valence-electron chi connectivity index (χ0n) is 8.87. The van der Waals surface area contributed by atoms with Gasteiger partial charge in [0.2, 0.25) is 0 Å². The van der Waals surface area contributed by atoms with Crippen LogP contribution >= 0.6 is 27.5 Å². The molecule has 0 aliphatic carbocycles. The molecule has 2 nitrogen and oxygen atoms in total. The van der Waals surface area contributed by atoms with Crippen LogP contribution in [0, 0.1) is 0 Å². The van der Waals surface area contributed by atoms with Crippen molar-refractivity contribution in [3.05, 3.63) is 40.4 Å². The summed E-state index contributed by atoms with van der Waals surface area (Å²) in [5.74, 6) is -0.416. The van der Waals surface area contributed by atoms with Crippen molar-refractivity contribution in [2.45, 2.75) is 6.42 Å². The number of carbonyl (C=O) groups excluding carboxylic acids is 1. The van der Waals surface area contributed by atoms with Gasteiger partial charge in [-0.3, -0.25) is 0 Å². The van der Waals surface area contributed by atoms with Gasteiger partial charge in [-0.1, -0.05) is 45.7 Å². The van der Waals surface area contributed by atoms with E-state index in [9.17, 15) is 4.79 Å². The fourth-order valence-corrected chi connectivity index (χ4v) is 1.72. The molecule has 0 spiro atoms. The SMILES string of the molecule is COC(=O)c1ccc(C=CCCBr)cc1Cl. The number of hydrogen-bond donors (Lipinski definition) is 0. The van der Waals surface area contributed by atoms with E-state index in [2.05, 4.69) is 20.7 Å². The van der Waals surface area contributed by atoms with Gasteiger partial charge in [-0.05, 0) is 24.1 Å². The van der Waals surface area contributed by atoms with Crippen LogP contribution in [0.1, 0.15) is 22.3 Å². The molecule has 0 fully saturated rings. The Balaban J connectivity index is 2.86. The lowest BCUT2D eigenvalue weighted by atomic mass is 10.1. The number of benzene rings is 1. The second kappa shape index (κ2) is 6.71. The van der Waals surface area contributed by atoms with Crippen molar-refractivity contribution in [2.24, 2.45) is 0 Å². The number of carbonyl (C=O) groups is 1. The van der Waals surface area contributed by atoms with Gasteiger partial charge in [0, 0.05) is 5.33 Å². The monoisotopic (exact) mass is 302 g/mol. The second-order valence-electron chi connectivity index (χ2n) is 3.11. The predicted molar refractivity (Wildman–Crippen MR) is 70.2 cm³/mol. The lowest BCUT2D eigenvalue weighted by Crippen LogP contribution is -2.01. The van der Waals surface area contributed by atoms with Crippen molar-refractivity contribution in [1.82, 2.24) is 0 Å². The quantitative estimate of drug-likeness (QED) is 0.622. The Morgan fingerprint density at radius 2 is 2.31 bits per heavy atom. The molecular formula is C12H12BrClO2. The Hall–Kier alpha value is -0.800. The maximum atomic E-state index is 11.3. The third-order valence-electron chi connectivity index (χ3n) is 1.98. The van der Waals surface area contributed by atoms with E-state index < -0.39 is 5.97 Å². The van der Waals surface area contributed by atoms with Crippen LogP contribution in [0.3, 0.4) is 0 Å². The van der Waals surface area contributed by atoms with Gasteiger partial charge < -0.3 is 4.74 Å². The highest BCUT2D eigenvalue weighted by molar-refractivity contribution is 9.09. The first-order valence-electron chi connectivity index (χ1n) is 4.79. The van der Waals surface area contributed by atoms with Crippen molar-refractivity contribution < 1.29 is 9.53 Å². The average Bonchev–Trinajstić information content (AvgIpc) is 2.29. The Bertz CT molecular complexity index is 402. The number of esters is 1. The number of hydrogen-bond acceptors (Lipinski definition) is 2. The normalized spacial score (nSPS) is 10.7. The molecule has 0 saturated carbocycles. The Labute approximate surface area is 108 Å². The smallest absolute Gasteiger partial charge is 0.339 e. The molecule has 0 heterocycles. The molecule has 0 aliphatic rings. The molecule has 0 aliphatic heterocycles. The third kappa shape index (κ3) is 3.65. The summed E-state index contributed by atoms with van der Waals surface area (Å²) in [7, 11) is 1.34. The molecule has 0 bridgehead atoms. The number of allylic oxidation sites excluding steroid dienone is 1. The highest BCUT2D eigenvalue weighted by atomic mass is 79.9. The van der Waals surface area contributed by atoms with Crippen molar-refractivity contribution in [2.75, 3.05) is 12.4 Å². The van der Waals surface area contributed by atoms with E-state index >= 15 is 0 Å². The van der Waals surface area contributed by atoms with Crippen LogP contribution in [0.4, 0.5) is 0 Å². The van der Waals surface area contributed by atoms with Crippen molar-refractivity contribution in [1.29, 1.82) is 0 Å². The van der Waals surface area contributed by atoms with Gasteiger partial charge in [-0.2, -0.15) is 0 Å². The first-order chi connectivity index (χ1) is 7.69. The fraction of sp³-hybridized carbons (Fsp3) is 0.250. The van der Waals surface area contributed by atoms with Gasteiger partial charge in [-0.15, -0.1) is 0 Å². The highest BCUT2D eigenvalue weighted by Gasteiger charge is 2.09. The summed E-state index contributed by atoms with van der Waals surface area (Å²) in [4.78, 5) is 11.3. The molecule has 4 heteroatoms. The minimum atomic E-state index is -0.416. The second-order valence-corrected chi connectivity index (χ2v) is 4.31. The van der Waals surface area contributed by atoms with E-state index in [4.69, 9.17) is 11.6 Å². The molecule has 0 atom stereocenters. The molecule has 1 rings (SSSR count). The lowest BCUT2D eigenvalue weighted by Gasteiger charge is -2.02. The Morgan fingerprint density at radius 3 is 2.88 bits per heavy atom. The van der Waals surface area contributed by atoms with Crippen LogP contribution in [-0.4, -0.2) is 18.4 Å². The number of ether oxygens (including phenoxy) is 1. The molecule has 0 N–H and O–H groups in total. The number of rotatable bonds is 4. The van der Waals surface area contributed by atoms with Gasteiger partial charge in [0.05, 0.1) is 17.7 Å². The zero-order valence-corrected chi connectivity index (χ0v) is 11.2. The summed E-state index contributed by atoms with van der Waals surface area (Å²) in [5, 5.41) is 1.34. The zero-order chi connectivity index (χ0) is 12.0. The van der Waals surface area contributed by atoms with Gasteiger partial charge in [-0.25, -0.2) is 4.79 Å². The van der Waals surface area contributed by atoms with E-state index in [-0.39, 0.29) is 0 Å². The highest BCUT2D eigenvalue weighted by Crippen LogP contribution is 2.19. The molecule has 16 heavy (non-hydrogen) atoms. The maximum absolute atomic E-state index is 11.3. The topological polar surface area (TPSA) is 26.3 Å². The minimum Gasteiger partial charge on any atom is -0.465 e. The number of methoxy groups -OCH3 is 1. The first-order valence-corrected chi connectivity index (χ1v) is 6.29. The van der Waals surface area contributed by atoms with Gasteiger partial charge >= 0.3 is 5.97 Å². The lowest BCUT2D eigenvalue weighted by molar-refractivity contribution is 0.0601. The molecule has 86 valence electrons. The fourth-order valence-electron chi connectivity index (χ4n) is 1.19. The van der Waals surface area contributed by atoms with Gasteiger partial charge in [0.25, 0.3) is 0 Å². The Morgan fingerprint density at radius 1 is 1.56 bits per heavy atom. The van der Waals surface area contributed by atoms with Crippen molar-refractivity contribution in [3.63, 3.8) is 0 Å². The van der Waals surface area contributed by atoms with Gasteiger partial charge in [0.15, 0.2) is 0 Å². The number of halogens is 2. The van der Waals surface area contributed by atoms with E-state index in [1.54, 1.807) is 12.1 Å². The van der Waals surface area contributed by atoms with E-state index in [1.807, 2.05) is 18.2 Å². The molecule has 0 aromatic heterocycles. The molecule has 0 unspecified atom stereocenters. The minimum absolute atomic E-state index is 0.391. The van der Waals surface area contributed by atoms with E-state index in [0.29, 0.717) is 10.6 Å². The van der Waals surface area contributed by atoms with Crippen LogP contribution in [0.15, 0.2) is 24.3 Å². The summed E-state index contributed by atoms with van der Waals surface area (Å²) in [5.41, 5.74) is 1.36. The summed E-state index contributed by atoms with van der Waals surface area (Å²) >= 11 is 9.31. The molecule has 1 aromatic rings. The summed E-state index contributed by atoms with van der Waals surface area (Å²) in [6.07, 6.45) is 4.96. The summed E-state index contributed by atoms with van der Waals surface area (Å²) < 4.78 is 4.61. The summed E-state index contributed by atoms with van der Waals surface area (Å²) in [6.45, 7) is 0. The van der Waals surface area contributed by atoms with Crippen molar-refractivity contribution >= 4 is 39.6 Å².